The average molecular weight is 254 g/mol. The van der Waals surface area contributed by atoms with Gasteiger partial charge in [-0.05, 0) is 18.2 Å². The highest BCUT2D eigenvalue weighted by molar-refractivity contribution is 7.89. The Hall–Kier alpha value is -1.71. The van der Waals surface area contributed by atoms with Crippen LogP contribution in [0.1, 0.15) is 5.56 Å². The fourth-order valence-corrected chi connectivity index (χ4v) is 2.38. The molecule has 1 aromatic carbocycles. The van der Waals surface area contributed by atoms with Gasteiger partial charge in [-0.25, -0.2) is 12.8 Å². The van der Waals surface area contributed by atoms with Crippen LogP contribution in [0.25, 0.3) is 0 Å². The standard InChI is InChI=1S/C11H11FN2O2S/c1-3-6-14(2)17(15,16)10-4-5-11(12)9(7-10)8-13/h3-5,7H,1,6H2,2H3. The Balaban J connectivity index is 3.26. The Morgan fingerprint density at radius 2 is 2.24 bits per heavy atom. The summed E-state index contributed by atoms with van der Waals surface area (Å²) in [5.74, 6) is -0.738. The Labute approximate surface area is 99.6 Å². The SMILES string of the molecule is C=CCN(C)S(=O)(=O)c1ccc(F)c(C#N)c1. The lowest BCUT2D eigenvalue weighted by Crippen LogP contribution is -2.27. The molecule has 6 heteroatoms. The topological polar surface area (TPSA) is 61.2 Å². The molecule has 0 saturated heterocycles. The van der Waals surface area contributed by atoms with E-state index in [9.17, 15) is 12.8 Å². The van der Waals surface area contributed by atoms with Crippen molar-refractivity contribution in [3.8, 4) is 6.07 Å². The first-order valence-corrected chi connectivity index (χ1v) is 6.14. The summed E-state index contributed by atoms with van der Waals surface area (Å²) < 4.78 is 38.0. The van der Waals surface area contributed by atoms with Crippen LogP contribution in [0.2, 0.25) is 0 Å². The van der Waals surface area contributed by atoms with Crippen LogP contribution in [-0.4, -0.2) is 26.3 Å². The number of hydrogen-bond donors (Lipinski definition) is 0. The third-order valence-electron chi connectivity index (χ3n) is 2.15. The maximum Gasteiger partial charge on any atom is 0.243 e. The number of nitriles is 1. The second-order valence-corrected chi connectivity index (χ2v) is 5.37. The lowest BCUT2D eigenvalue weighted by molar-refractivity contribution is 0.499. The minimum atomic E-state index is -3.71. The highest BCUT2D eigenvalue weighted by atomic mass is 32.2. The van der Waals surface area contributed by atoms with Gasteiger partial charge in [-0.15, -0.1) is 6.58 Å². The van der Waals surface area contributed by atoms with Crippen LogP contribution in [0, 0.1) is 17.1 Å². The summed E-state index contributed by atoms with van der Waals surface area (Å²) in [6, 6.07) is 4.71. The maximum absolute atomic E-state index is 13.1. The minimum absolute atomic E-state index is 0.111. The van der Waals surface area contributed by atoms with Crippen LogP contribution in [0.5, 0.6) is 0 Å². The van der Waals surface area contributed by atoms with Crippen molar-refractivity contribution in [3.05, 3.63) is 42.2 Å². The number of rotatable bonds is 4. The summed E-state index contributed by atoms with van der Waals surface area (Å²) in [5.41, 5.74) is -0.293. The molecule has 0 N–H and O–H groups in total. The van der Waals surface area contributed by atoms with Gasteiger partial charge in [-0.3, -0.25) is 0 Å². The molecule has 1 rings (SSSR count). The van der Waals surface area contributed by atoms with Gasteiger partial charge in [-0.1, -0.05) is 6.08 Å². The molecule has 90 valence electrons. The molecule has 17 heavy (non-hydrogen) atoms. The zero-order valence-corrected chi connectivity index (χ0v) is 10.0. The van der Waals surface area contributed by atoms with Gasteiger partial charge in [0.05, 0.1) is 10.5 Å². The van der Waals surface area contributed by atoms with Crippen molar-refractivity contribution >= 4 is 10.0 Å². The molecule has 0 radical (unpaired) electrons. The molecule has 0 bridgehead atoms. The molecule has 0 spiro atoms. The summed E-state index contributed by atoms with van der Waals surface area (Å²) in [6.07, 6.45) is 1.44. The van der Waals surface area contributed by atoms with Crippen molar-refractivity contribution in [2.24, 2.45) is 0 Å². The molecule has 4 nitrogen and oxygen atoms in total. The lowest BCUT2D eigenvalue weighted by Gasteiger charge is -2.15. The molecule has 0 aromatic heterocycles. The Morgan fingerprint density at radius 3 is 2.76 bits per heavy atom. The van der Waals surface area contributed by atoms with Crippen LogP contribution < -0.4 is 0 Å². The van der Waals surface area contributed by atoms with Gasteiger partial charge in [0.2, 0.25) is 10.0 Å². The van der Waals surface area contributed by atoms with Gasteiger partial charge in [0.1, 0.15) is 11.9 Å². The molecular formula is C11H11FN2O2S. The van der Waals surface area contributed by atoms with E-state index in [1.165, 1.54) is 13.1 Å². The zero-order chi connectivity index (χ0) is 13.1. The Morgan fingerprint density at radius 1 is 1.59 bits per heavy atom. The first-order chi connectivity index (χ1) is 7.93. The molecule has 0 aliphatic rings. The summed E-state index contributed by atoms with van der Waals surface area (Å²) in [5, 5.41) is 8.64. The fourth-order valence-electron chi connectivity index (χ4n) is 1.21. The molecule has 0 fully saturated rings. The van der Waals surface area contributed by atoms with Crippen LogP contribution in [0.15, 0.2) is 35.7 Å². The quantitative estimate of drug-likeness (QED) is 0.765. The van der Waals surface area contributed by atoms with E-state index in [1.54, 1.807) is 6.07 Å². The largest absolute Gasteiger partial charge is 0.243 e. The van der Waals surface area contributed by atoms with Crippen molar-refractivity contribution in [1.29, 1.82) is 5.26 Å². The minimum Gasteiger partial charge on any atom is -0.207 e. The van der Waals surface area contributed by atoms with Gasteiger partial charge in [0, 0.05) is 13.6 Å². The number of hydrogen-bond acceptors (Lipinski definition) is 3. The lowest BCUT2D eigenvalue weighted by atomic mass is 10.2. The number of nitrogens with zero attached hydrogens (tertiary/aromatic N) is 2. The van der Waals surface area contributed by atoms with Crippen molar-refractivity contribution in [3.63, 3.8) is 0 Å². The Bertz CT molecular complexity index is 576. The summed E-state index contributed by atoms with van der Waals surface area (Å²) in [4.78, 5) is -0.111. The van der Waals surface area contributed by atoms with E-state index in [4.69, 9.17) is 5.26 Å². The first kappa shape index (κ1) is 13.4. The van der Waals surface area contributed by atoms with Gasteiger partial charge in [0.15, 0.2) is 0 Å². The number of likely N-dealkylation sites (N-methyl/N-ethyl adjacent to an activating group) is 1. The normalized spacial score (nSPS) is 11.2. The van der Waals surface area contributed by atoms with E-state index in [1.807, 2.05) is 0 Å². The van der Waals surface area contributed by atoms with Gasteiger partial charge >= 0.3 is 0 Å². The van der Waals surface area contributed by atoms with Crippen LogP contribution >= 0.6 is 0 Å². The molecule has 0 saturated carbocycles. The Kier molecular flexibility index (Phi) is 3.99. The third-order valence-corrected chi connectivity index (χ3v) is 3.97. The van der Waals surface area contributed by atoms with E-state index in [-0.39, 0.29) is 17.0 Å². The monoisotopic (exact) mass is 254 g/mol. The van der Waals surface area contributed by atoms with E-state index in [2.05, 4.69) is 6.58 Å². The van der Waals surface area contributed by atoms with Gasteiger partial charge in [0.25, 0.3) is 0 Å². The highest BCUT2D eigenvalue weighted by Gasteiger charge is 2.20. The average Bonchev–Trinajstić information content (AvgIpc) is 2.29. The van der Waals surface area contributed by atoms with E-state index < -0.39 is 15.8 Å². The van der Waals surface area contributed by atoms with Crippen molar-refractivity contribution in [2.45, 2.75) is 4.90 Å². The summed E-state index contributed by atoms with van der Waals surface area (Å²) in [7, 11) is -2.32. The van der Waals surface area contributed by atoms with Crippen LogP contribution in [-0.2, 0) is 10.0 Å². The molecule has 0 aliphatic carbocycles. The zero-order valence-electron chi connectivity index (χ0n) is 9.22. The van der Waals surface area contributed by atoms with E-state index >= 15 is 0 Å². The van der Waals surface area contributed by atoms with E-state index in [0.29, 0.717) is 0 Å². The third kappa shape index (κ3) is 2.70. The van der Waals surface area contributed by atoms with Crippen molar-refractivity contribution in [1.82, 2.24) is 4.31 Å². The van der Waals surface area contributed by atoms with E-state index in [0.717, 1.165) is 22.5 Å². The smallest absolute Gasteiger partial charge is 0.207 e. The highest BCUT2D eigenvalue weighted by Crippen LogP contribution is 2.17. The summed E-state index contributed by atoms with van der Waals surface area (Å²) in [6.45, 7) is 3.58. The molecule has 0 heterocycles. The number of benzene rings is 1. The van der Waals surface area contributed by atoms with Gasteiger partial charge in [-0.2, -0.15) is 9.57 Å². The molecule has 1 aromatic rings. The predicted octanol–water partition coefficient (Wildman–Crippen LogP) is 1.50. The predicted molar refractivity (Wildman–Crippen MR) is 61.1 cm³/mol. The second-order valence-electron chi connectivity index (χ2n) is 3.33. The molecule has 0 atom stereocenters. The molecule has 0 aliphatic heterocycles. The van der Waals surface area contributed by atoms with Gasteiger partial charge < -0.3 is 0 Å². The molecule has 0 unspecified atom stereocenters. The van der Waals surface area contributed by atoms with Crippen molar-refractivity contribution in [2.75, 3.05) is 13.6 Å². The number of halogens is 1. The van der Waals surface area contributed by atoms with Crippen LogP contribution in [0.4, 0.5) is 4.39 Å². The molecular weight excluding hydrogens is 243 g/mol. The maximum atomic E-state index is 13.1. The second kappa shape index (κ2) is 5.08. The van der Waals surface area contributed by atoms with Crippen LogP contribution in [0.3, 0.4) is 0 Å². The number of sulfonamides is 1. The fraction of sp³-hybridized carbons (Fsp3) is 0.182. The van der Waals surface area contributed by atoms with Crippen molar-refractivity contribution < 1.29 is 12.8 Å². The first-order valence-electron chi connectivity index (χ1n) is 4.70. The summed E-state index contributed by atoms with van der Waals surface area (Å²) >= 11 is 0. The molecule has 0 amide bonds.